The van der Waals surface area contributed by atoms with E-state index in [2.05, 4.69) is 15.3 Å². The summed E-state index contributed by atoms with van der Waals surface area (Å²) in [6, 6.07) is 0. The van der Waals surface area contributed by atoms with E-state index < -0.39 is 6.10 Å². The number of rotatable bonds is 2. The van der Waals surface area contributed by atoms with Crippen molar-refractivity contribution in [3.8, 4) is 0 Å². The second kappa shape index (κ2) is 5.20. The largest absolute Gasteiger partial charge is 0.376 e. The van der Waals surface area contributed by atoms with Crippen molar-refractivity contribution in [1.29, 1.82) is 0 Å². The second-order valence-corrected chi connectivity index (χ2v) is 3.54. The van der Waals surface area contributed by atoms with Crippen LogP contribution in [0.25, 0.3) is 0 Å². The Morgan fingerprint density at radius 2 is 2.31 bits per heavy atom. The van der Waals surface area contributed by atoms with Crippen LogP contribution in [0.15, 0.2) is 12.4 Å². The zero-order valence-corrected chi connectivity index (χ0v) is 9.11. The van der Waals surface area contributed by atoms with Crippen LogP contribution >= 0.6 is 11.6 Å². The molecule has 1 atom stereocenters. The molecule has 86 valence electrons. The van der Waals surface area contributed by atoms with Gasteiger partial charge in [-0.3, -0.25) is 4.79 Å². The summed E-state index contributed by atoms with van der Waals surface area (Å²) in [7, 11) is 0. The highest BCUT2D eigenvalue weighted by Gasteiger charge is 2.22. The molecule has 1 aromatic heterocycles. The summed E-state index contributed by atoms with van der Waals surface area (Å²) in [5.41, 5.74) is 0. The number of carbonyl (C=O) groups is 1. The zero-order valence-electron chi connectivity index (χ0n) is 8.35. The second-order valence-electron chi connectivity index (χ2n) is 3.15. The van der Waals surface area contributed by atoms with Gasteiger partial charge in [-0.25, -0.2) is 9.97 Å². The van der Waals surface area contributed by atoms with Gasteiger partial charge in [0, 0.05) is 0 Å². The van der Waals surface area contributed by atoms with Gasteiger partial charge >= 0.3 is 0 Å². The van der Waals surface area contributed by atoms with Gasteiger partial charge in [0.1, 0.15) is 5.15 Å². The first-order valence-electron chi connectivity index (χ1n) is 4.73. The molecule has 0 aromatic carbocycles. The Hall–Kier alpha value is -1.24. The molecule has 1 saturated heterocycles. The van der Waals surface area contributed by atoms with Crippen LogP contribution in [-0.4, -0.2) is 41.8 Å². The van der Waals surface area contributed by atoms with E-state index in [4.69, 9.17) is 21.1 Å². The van der Waals surface area contributed by atoms with Crippen LogP contribution in [0.5, 0.6) is 0 Å². The predicted molar refractivity (Wildman–Crippen MR) is 56.2 cm³/mol. The number of halogens is 1. The molecule has 0 bridgehead atoms. The summed E-state index contributed by atoms with van der Waals surface area (Å²) >= 11 is 5.57. The molecular formula is C9H10ClN3O3. The monoisotopic (exact) mass is 243 g/mol. The lowest BCUT2D eigenvalue weighted by Gasteiger charge is -2.21. The minimum absolute atomic E-state index is 0.257. The van der Waals surface area contributed by atoms with Gasteiger partial charge in [-0.05, 0) is 0 Å². The third-order valence-corrected chi connectivity index (χ3v) is 2.18. The number of ether oxygens (including phenoxy) is 2. The smallest absolute Gasteiger partial charge is 0.257 e. The maximum Gasteiger partial charge on any atom is 0.257 e. The van der Waals surface area contributed by atoms with E-state index >= 15 is 0 Å². The summed E-state index contributed by atoms with van der Waals surface area (Å²) in [5, 5.41) is 2.84. The highest BCUT2D eigenvalue weighted by atomic mass is 35.5. The van der Waals surface area contributed by atoms with Crippen molar-refractivity contribution in [3.05, 3.63) is 17.5 Å². The van der Waals surface area contributed by atoms with Gasteiger partial charge in [-0.2, -0.15) is 0 Å². The molecule has 2 rings (SSSR count). The molecule has 7 heteroatoms. The fourth-order valence-corrected chi connectivity index (χ4v) is 1.32. The van der Waals surface area contributed by atoms with Gasteiger partial charge in [0.15, 0.2) is 11.9 Å². The molecule has 2 heterocycles. The molecular weight excluding hydrogens is 234 g/mol. The molecule has 1 aliphatic rings. The number of nitrogens with zero attached hydrogens (tertiary/aromatic N) is 2. The molecule has 0 aliphatic carbocycles. The minimum Gasteiger partial charge on any atom is -0.376 e. The van der Waals surface area contributed by atoms with Gasteiger partial charge in [-0.1, -0.05) is 11.6 Å². The van der Waals surface area contributed by atoms with E-state index in [9.17, 15) is 4.79 Å². The molecule has 1 aliphatic heterocycles. The quantitative estimate of drug-likeness (QED) is 0.818. The lowest BCUT2D eigenvalue weighted by Crippen LogP contribution is -2.39. The fraction of sp³-hybridized carbons (Fsp3) is 0.444. The first-order valence-corrected chi connectivity index (χ1v) is 5.11. The van der Waals surface area contributed by atoms with Crippen LogP contribution in [0.1, 0.15) is 0 Å². The first-order chi connectivity index (χ1) is 7.75. The normalized spacial score (nSPS) is 20.4. The Morgan fingerprint density at radius 1 is 1.44 bits per heavy atom. The van der Waals surface area contributed by atoms with Crippen LogP contribution in [0, 0.1) is 0 Å². The van der Waals surface area contributed by atoms with Gasteiger partial charge in [0.2, 0.25) is 0 Å². The molecule has 0 radical (unpaired) electrons. The Bertz CT molecular complexity index is 365. The number of amides is 1. The molecule has 0 saturated carbocycles. The molecule has 1 aromatic rings. The topological polar surface area (TPSA) is 73.3 Å². The Morgan fingerprint density at radius 3 is 2.94 bits per heavy atom. The Labute approximate surface area is 96.9 Å². The predicted octanol–water partition coefficient (Wildman–Crippen LogP) is 0.484. The third kappa shape index (κ3) is 2.88. The van der Waals surface area contributed by atoms with Crippen molar-refractivity contribution < 1.29 is 14.3 Å². The molecule has 1 unspecified atom stereocenters. The van der Waals surface area contributed by atoms with Crippen molar-refractivity contribution in [2.45, 2.75) is 6.10 Å². The number of hydrogen-bond acceptors (Lipinski definition) is 5. The number of nitrogens with one attached hydrogen (secondary N) is 1. The first kappa shape index (κ1) is 11.3. The van der Waals surface area contributed by atoms with Crippen LogP contribution in [0.4, 0.5) is 5.82 Å². The van der Waals surface area contributed by atoms with Crippen molar-refractivity contribution in [1.82, 2.24) is 9.97 Å². The van der Waals surface area contributed by atoms with E-state index in [-0.39, 0.29) is 17.7 Å². The minimum atomic E-state index is -0.591. The van der Waals surface area contributed by atoms with E-state index in [1.807, 2.05) is 0 Å². The number of aromatic nitrogens is 2. The molecule has 16 heavy (non-hydrogen) atoms. The Kier molecular flexibility index (Phi) is 3.66. The standard InChI is InChI=1S/C9H10ClN3O3/c10-7-3-12-8(4-11-7)13-9(14)6-5-15-1-2-16-6/h3-4,6H,1-2,5H2,(H,12,13,14). The summed E-state index contributed by atoms with van der Waals surface area (Å²) in [4.78, 5) is 19.3. The summed E-state index contributed by atoms with van der Waals surface area (Å²) in [6.07, 6.45) is 2.14. The van der Waals surface area contributed by atoms with Crippen LogP contribution < -0.4 is 5.32 Å². The van der Waals surface area contributed by atoms with Crippen molar-refractivity contribution >= 4 is 23.3 Å². The third-order valence-electron chi connectivity index (χ3n) is 1.98. The average Bonchev–Trinajstić information content (AvgIpc) is 2.33. The molecule has 1 amide bonds. The number of carbonyl (C=O) groups excluding carboxylic acids is 1. The van der Waals surface area contributed by atoms with Crippen LogP contribution in [0.3, 0.4) is 0 Å². The van der Waals surface area contributed by atoms with Crippen LogP contribution in [-0.2, 0) is 14.3 Å². The van der Waals surface area contributed by atoms with Crippen molar-refractivity contribution in [2.24, 2.45) is 0 Å². The van der Waals surface area contributed by atoms with E-state index in [1.165, 1.54) is 12.4 Å². The summed E-state index contributed by atoms with van der Waals surface area (Å²) in [6.45, 7) is 1.20. The van der Waals surface area contributed by atoms with E-state index in [0.29, 0.717) is 19.0 Å². The zero-order chi connectivity index (χ0) is 11.4. The maximum absolute atomic E-state index is 11.6. The Balaban J connectivity index is 1.93. The molecule has 0 spiro atoms. The summed E-state index contributed by atoms with van der Waals surface area (Å²) in [5.74, 6) is 0.0416. The molecule has 1 fully saturated rings. The number of hydrogen-bond donors (Lipinski definition) is 1. The van der Waals surface area contributed by atoms with Gasteiger partial charge in [-0.15, -0.1) is 0 Å². The van der Waals surface area contributed by atoms with Gasteiger partial charge < -0.3 is 14.8 Å². The van der Waals surface area contributed by atoms with Gasteiger partial charge in [0.25, 0.3) is 5.91 Å². The highest BCUT2D eigenvalue weighted by molar-refractivity contribution is 6.29. The van der Waals surface area contributed by atoms with Gasteiger partial charge in [0.05, 0.1) is 32.2 Å². The maximum atomic E-state index is 11.6. The molecule has 6 nitrogen and oxygen atoms in total. The fourth-order valence-electron chi connectivity index (χ4n) is 1.22. The average molecular weight is 244 g/mol. The van der Waals surface area contributed by atoms with Crippen LogP contribution in [0.2, 0.25) is 5.15 Å². The van der Waals surface area contributed by atoms with E-state index in [1.54, 1.807) is 0 Å². The number of anilines is 1. The lowest BCUT2D eigenvalue weighted by atomic mass is 10.3. The summed E-state index contributed by atoms with van der Waals surface area (Å²) < 4.78 is 10.3. The van der Waals surface area contributed by atoms with Crippen molar-refractivity contribution in [2.75, 3.05) is 25.1 Å². The SMILES string of the molecule is O=C(Nc1cnc(Cl)cn1)C1COCCO1. The molecule has 1 N–H and O–H groups in total. The van der Waals surface area contributed by atoms with E-state index in [0.717, 1.165) is 0 Å². The highest BCUT2D eigenvalue weighted by Crippen LogP contribution is 2.07. The van der Waals surface area contributed by atoms with Crippen molar-refractivity contribution in [3.63, 3.8) is 0 Å². The lowest BCUT2D eigenvalue weighted by molar-refractivity contribution is -0.142.